The second kappa shape index (κ2) is 6.24. The number of para-hydroxylation sites is 1. The van der Waals surface area contributed by atoms with E-state index in [4.69, 9.17) is 9.72 Å². The molecule has 0 aliphatic carbocycles. The first kappa shape index (κ1) is 16.4. The minimum absolute atomic E-state index is 0.474. The lowest BCUT2D eigenvalue weighted by Gasteiger charge is -2.47. The van der Waals surface area contributed by atoms with E-state index in [1.807, 2.05) is 0 Å². The van der Waals surface area contributed by atoms with Crippen LogP contribution in [0.1, 0.15) is 24.1 Å². The summed E-state index contributed by atoms with van der Waals surface area (Å²) in [6.07, 6.45) is 5.59. The van der Waals surface area contributed by atoms with Crippen molar-refractivity contribution in [3.63, 3.8) is 0 Å². The van der Waals surface area contributed by atoms with E-state index in [-0.39, 0.29) is 0 Å². The number of anilines is 2. The van der Waals surface area contributed by atoms with Crippen molar-refractivity contribution >= 4 is 22.4 Å². The van der Waals surface area contributed by atoms with Gasteiger partial charge in [0, 0.05) is 41.6 Å². The number of benzene rings is 1. The van der Waals surface area contributed by atoms with Crippen LogP contribution < -0.4 is 9.80 Å². The highest BCUT2D eigenvalue weighted by Gasteiger charge is 2.41. The first-order valence-electron chi connectivity index (χ1n) is 10.4. The Bertz CT molecular complexity index is 995. The predicted octanol–water partition coefficient (Wildman–Crippen LogP) is 3.74. The highest BCUT2D eigenvalue weighted by Crippen LogP contribution is 2.39. The van der Waals surface area contributed by atoms with E-state index < -0.39 is 0 Å². The fraction of sp³-hybridized carbons (Fsp3) is 0.435. The summed E-state index contributed by atoms with van der Waals surface area (Å²) in [7, 11) is 0. The van der Waals surface area contributed by atoms with Crippen LogP contribution in [0.4, 0.5) is 11.5 Å². The second-order valence-electron chi connectivity index (χ2n) is 8.65. The standard InChI is InChI=1S/C23H26N4O/c1-2-4-20-18(3-1)19-7-10-27(14-21(19)25-20)17-5-6-22(24-13-17)26-11-8-23(9-12-26)15-28-16-23/h1-6,13,25H,7-12,14-16H2. The monoisotopic (exact) mass is 374 g/mol. The molecule has 0 atom stereocenters. The summed E-state index contributed by atoms with van der Waals surface area (Å²) >= 11 is 0. The SMILES string of the molecule is c1ccc2c3c([nH]c2c1)CN(c1ccc(N2CCC4(CC2)COC4)nc1)CC3. The maximum Gasteiger partial charge on any atom is 0.128 e. The number of aromatic nitrogens is 2. The number of piperidine rings is 1. The van der Waals surface area contributed by atoms with Crippen molar-refractivity contribution in [2.75, 3.05) is 42.6 Å². The summed E-state index contributed by atoms with van der Waals surface area (Å²) < 4.78 is 5.44. The lowest BCUT2D eigenvalue weighted by molar-refractivity contribution is -0.124. The Balaban J connectivity index is 1.17. The van der Waals surface area contributed by atoms with Gasteiger partial charge in [0.15, 0.2) is 0 Å². The topological polar surface area (TPSA) is 44.4 Å². The molecule has 2 fully saturated rings. The van der Waals surface area contributed by atoms with Crippen LogP contribution in [0.2, 0.25) is 0 Å². The van der Waals surface area contributed by atoms with Gasteiger partial charge in [-0.05, 0) is 43.0 Å². The normalized spacial score (nSPS) is 21.0. The molecule has 3 aliphatic rings. The van der Waals surface area contributed by atoms with Crippen molar-refractivity contribution in [1.29, 1.82) is 0 Å². The van der Waals surface area contributed by atoms with E-state index >= 15 is 0 Å². The van der Waals surface area contributed by atoms with Gasteiger partial charge in [-0.25, -0.2) is 4.98 Å². The highest BCUT2D eigenvalue weighted by molar-refractivity contribution is 5.85. The average Bonchev–Trinajstić information content (AvgIpc) is 3.11. The minimum Gasteiger partial charge on any atom is -0.380 e. The molecule has 1 aromatic carbocycles. The summed E-state index contributed by atoms with van der Waals surface area (Å²) in [6, 6.07) is 13.1. The first-order chi connectivity index (χ1) is 13.8. The van der Waals surface area contributed by atoms with E-state index in [1.54, 1.807) is 0 Å². The van der Waals surface area contributed by atoms with Gasteiger partial charge in [-0.2, -0.15) is 0 Å². The molecule has 1 N–H and O–H groups in total. The van der Waals surface area contributed by atoms with E-state index in [9.17, 15) is 0 Å². The summed E-state index contributed by atoms with van der Waals surface area (Å²) in [6.45, 7) is 6.07. The predicted molar refractivity (Wildman–Crippen MR) is 112 cm³/mol. The van der Waals surface area contributed by atoms with Gasteiger partial charge in [0.2, 0.25) is 0 Å². The van der Waals surface area contributed by atoms with Crippen LogP contribution in [0.5, 0.6) is 0 Å². The largest absolute Gasteiger partial charge is 0.380 e. The second-order valence-corrected chi connectivity index (χ2v) is 8.65. The molecule has 0 unspecified atom stereocenters. The van der Waals surface area contributed by atoms with Crippen molar-refractivity contribution in [3.05, 3.63) is 53.9 Å². The van der Waals surface area contributed by atoms with Crippen molar-refractivity contribution < 1.29 is 4.74 Å². The van der Waals surface area contributed by atoms with Crippen LogP contribution >= 0.6 is 0 Å². The molecule has 2 aromatic heterocycles. The van der Waals surface area contributed by atoms with E-state index in [1.165, 1.54) is 40.7 Å². The molecule has 5 heterocycles. The molecule has 3 aromatic rings. The van der Waals surface area contributed by atoms with E-state index in [0.29, 0.717) is 5.41 Å². The van der Waals surface area contributed by atoms with Gasteiger partial charge in [0.25, 0.3) is 0 Å². The van der Waals surface area contributed by atoms with Gasteiger partial charge in [-0.1, -0.05) is 18.2 Å². The summed E-state index contributed by atoms with van der Waals surface area (Å²) in [4.78, 5) is 13.3. The van der Waals surface area contributed by atoms with Gasteiger partial charge in [0.05, 0.1) is 31.6 Å². The molecule has 28 heavy (non-hydrogen) atoms. The molecule has 1 spiro atoms. The Morgan fingerprint density at radius 2 is 1.82 bits per heavy atom. The van der Waals surface area contributed by atoms with Gasteiger partial charge >= 0.3 is 0 Å². The summed E-state index contributed by atoms with van der Waals surface area (Å²) in [5, 5.41) is 1.38. The Kier molecular flexibility index (Phi) is 3.66. The van der Waals surface area contributed by atoms with Crippen molar-refractivity contribution in [2.45, 2.75) is 25.8 Å². The number of nitrogens with zero attached hydrogens (tertiary/aromatic N) is 3. The quantitative estimate of drug-likeness (QED) is 0.742. The molecule has 6 rings (SSSR count). The van der Waals surface area contributed by atoms with Gasteiger partial charge < -0.3 is 19.5 Å². The Morgan fingerprint density at radius 3 is 2.57 bits per heavy atom. The molecule has 0 bridgehead atoms. The number of fused-ring (bicyclic) bond motifs is 3. The Labute approximate surface area is 165 Å². The molecular formula is C23H26N4O. The third-order valence-corrected chi connectivity index (χ3v) is 6.94. The first-order valence-corrected chi connectivity index (χ1v) is 10.4. The van der Waals surface area contributed by atoms with Crippen LogP contribution in [0.3, 0.4) is 0 Å². The highest BCUT2D eigenvalue weighted by atomic mass is 16.5. The van der Waals surface area contributed by atoms with Crippen LogP contribution in [-0.4, -0.2) is 42.8 Å². The molecular weight excluding hydrogens is 348 g/mol. The molecule has 0 amide bonds. The zero-order chi connectivity index (χ0) is 18.6. The van der Waals surface area contributed by atoms with Gasteiger partial charge in [0.1, 0.15) is 5.82 Å². The summed E-state index contributed by atoms with van der Waals surface area (Å²) in [5.41, 5.74) is 5.78. The third kappa shape index (κ3) is 2.60. The zero-order valence-corrected chi connectivity index (χ0v) is 16.2. The number of aromatic amines is 1. The van der Waals surface area contributed by atoms with Crippen molar-refractivity contribution in [1.82, 2.24) is 9.97 Å². The van der Waals surface area contributed by atoms with Crippen molar-refractivity contribution in [3.8, 4) is 0 Å². The molecule has 0 radical (unpaired) electrons. The molecule has 5 heteroatoms. The Hall–Kier alpha value is -2.53. The van der Waals surface area contributed by atoms with Crippen molar-refractivity contribution in [2.24, 2.45) is 5.41 Å². The van der Waals surface area contributed by atoms with Crippen LogP contribution in [-0.2, 0) is 17.7 Å². The number of hydrogen-bond acceptors (Lipinski definition) is 4. The smallest absolute Gasteiger partial charge is 0.128 e. The third-order valence-electron chi connectivity index (χ3n) is 6.94. The van der Waals surface area contributed by atoms with Gasteiger partial charge in [-0.15, -0.1) is 0 Å². The summed E-state index contributed by atoms with van der Waals surface area (Å²) in [5.74, 6) is 1.11. The fourth-order valence-corrected chi connectivity index (χ4v) is 5.06. The molecule has 2 saturated heterocycles. The molecule has 144 valence electrons. The fourth-order valence-electron chi connectivity index (χ4n) is 5.06. The number of nitrogens with one attached hydrogen (secondary N) is 1. The Morgan fingerprint density at radius 1 is 0.964 bits per heavy atom. The van der Waals surface area contributed by atoms with Gasteiger partial charge in [-0.3, -0.25) is 0 Å². The number of ether oxygens (including phenoxy) is 1. The molecule has 5 nitrogen and oxygen atoms in total. The number of hydrogen-bond donors (Lipinski definition) is 1. The van der Waals surface area contributed by atoms with Crippen LogP contribution in [0, 0.1) is 5.41 Å². The van der Waals surface area contributed by atoms with E-state index in [0.717, 1.165) is 51.6 Å². The average molecular weight is 374 g/mol. The maximum absolute atomic E-state index is 5.44. The van der Waals surface area contributed by atoms with Crippen LogP contribution in [0.25, 0.3) is 10.9 Å². The van der Waals surface area contributed by atoms with E-state index in [2.05, 4.69) is 57.4 Å². The number of pyridine rings is 1. The lowest BCUT2D eigenvalue weighted by atomic mass is 9.77. The van der Waals surface area contributed by atoms with Crippen LogP contribution in [0.15, 0.2) is 42.6 Å². The molecule has 3 aliphatic heterocycles. The maximum atomic E-state index is 5.44. The number of H-pyrrole nitrogens is 1. The minimum atomic E-state index is 0.474. The zero-order valence-electron chi connectivity index (χ0n) is 16.2. The lowest BCUT2D eigenvalue weighted by Crippen LogP contribution is -2.51. The number of rotatable bonds is 2. The molecule has 0 saturated carbocycles.